The Kier molecular flexibility index (Phi) is 3.93. The highest BCUT2D eigenvalue weighted by Crippen LogP contribution is 2.45. The van der Waals surface area contributed by atoms with Crippen molar-refractivity contribution in [2.24, 2.45) is 0 Å². The second-order valence-electron chi connectivity index (χ2n) is 5.93. The number of hydrogen-bond acceptors (Lipinski definition) is 4. The molecule has 1 N–H and O–H groups in total. The zero-order valence-electron chi connectivity index (χ0n) is 12.1. The second kappa shape index (κ2) is 5.45. The van der Waals surface area contributed by atoms with Crippen LogP contribution in [0.3, 0.4) is 0 Å². The highest BCUT2D eigenvalue weighted by Gasteiger charge is 2.44. The molecular weight excluding hydrogens is 310 g/mol. The molecular formula is C15H20ClNO3S. The fraction of sp³-hybridized carbons (Fsp3) is 0.600. The van der Waals surface area contributed by atoms with Gasteiger partial charge in [-0.15, -0.1) is 0 Å². The number of nitrogens with one attached hydrogen (secondary N) is 1. The summed E-state index contributed by atoms with van der Waals surface area (Å²) in [7, 11) is -2.89. The Morgan fingerprint density at radius 1 is 1.38 bits per heavy atom. The molecule has 6 heteroatoms. The lowest BCUT2D eigenvalue weighted by Crippen LogP contribution is -2.49. The Morgan fingerprint density at radius 3 is 2.76 bits per heavy atom. The summed E-state index contributed by atoms with van der Waals surface area (Å²) in [5.74, 6) is 1.26. The Bertz CT molecular complexity index is 630. The minimum Gasteiger partial charge on any atom is -0.487 e. The van der Waals surface area contributed by atoms with Gasteiger partial charge in [-0.25, -0.2) is 8.42 Å². The molecule has 2 aliphatic rings. The van der Waals surface area contributed by atoms with E-state index < -0.39 is 9.84 Å². The number of fused-ring (bicyclic) bond motifs is 1. The van der Waals surface area contributed by atoms with Gasteiger partial charge in [-0.1, -0.05) is 18.5 Å². The van der Waals surface area contributed by atoms with Crippen molar-refractivity contribution in [3.8, 4) is 5.75 Å². The van der Waals surface area contributed by atoms with E-state index in [0.717, 1.165) is 24.3 Å². The molecule has 1 saturated heterocycles. The summed E-state index contributed by atoms with van der Waals surface area (Å²) >= 11 is 6.09. The second-order valence-corrected chi connectivity index (χ2v) is 8.67. The van der Waals surface area contributed by atoms with Crippen molar-refractivity contribution in [1.29, 1.82) is 0 Å². The number of sulfone groups is 1. The summed E-state index contributed by atoms with van der Waals surface area (Å²) in [4.78, 5) is 0. The van der Waals surface area contributed by atoms with E-state index in [1.165, 1.54) is 0 Å². The molecule has 0 aliphatic carbocycles. The van der Waals surface area contributed by atoms with E-state index >= 15 is 0 Å². The molecule has 1 atom stereocenters. The lowest BCUT2D eigenvalue weighted by molar-refractivity contribution is 0.0213. The van der Waals surface area contributed by atoms with E-state index in [1.54, 1.807) is 0 Å². The van der Waals surface area contributed by atoms with Crippen LogP contribution in [0, 0.1) is 0 Å². The number of ether oxygens (including phenoxy) is 1. The van der Waals surface area contributed by atoms with Crippen LogP contribution in [0.2, 0.25) is 5.02 Å². The van der Waals surface area contributed by atoms with E-state index in [-0.39, 0.29) is 23.1 Å². The molecule has 1 aromatic rings. The molecule has 0 amide bonds. The lowest BCUT2D eigenvalue weighted by atomic mass is 9.83. The first-order valence-electron chi connectivity index (χ1n) is 7.35. The maximum absolute atomic E-state index is 11.7. The molecule has 1 spiro atoms. The third-order valence-corrected chi connectivity index (χ3v) is 6.33. The molecule has 0 aromatic heterocycles. The third-order valence-electron chi connectivity index (χ3n) is 4.44. The van der Waals surface area contributed by atoms with Crippen LogP contribution in [0.25, 0.3) is 0 Å². The van der Waals surface area contributed by atoms with Gasteiger partial charge < -0.3 is 10.1 Å². The van der Waals surface area contributed by atoms with Crippen molar-refractivity contribution in [1.82, 2.24) is 5.32 Å². The van der Waals surface area contributed by atoms with E-state index in [9.17, 15) is 8.42 Å². The van der Waals surface area contributed by atoms with Gasteiger partial charge in [0.15, 0.2) is 9.84 Å². The zero-order valence-corrected chi connectivity index (χ0v) is 13.6. The standard InChI is InChI=1S/C15H20ClNO3S/c1-2-17-13-10-15(5-7-21(18,19)8-6-15)20-14-4-3-11(16)9-12(13)14/h3-4,9,13,17H,2,5-8,10H2,1H3. The van der Waals surface area contributed by atoms with Gasteiger partial charge >= 0.3 is 0 Å². The fourth-order valence-corrected chi connectivity index (χ4v) is 5.04. The van der Waals surface area contributed by atoms with Crippen LogP contribution in [-0.4, -0.2) is 32.1 Å². The monoisotopic (exact) mass is 329 g/mol. The Hall–Kier alpha value is -0.780. The molecule has 4 nitrogen and oxygen atoms in total. The average Bonchev–Trinajstić information content (AvgIpc) is 2.44. The summed E-state index contributed by atoms with van der Waals surface area (Å²) in [6.45, 7) is 2.92. The van der Waals surface area contributed by atoms with Crippen LogP contribution in [0.4, 0.5) is 0 Å². The molecule has 0 saturated carbocycles. The smallest absolute Gasteiger partial charge is 0.150 e. The van der Waals surface area contributed by atoms with Gasteiger partial charge in [0.25, 0.3) is 0 Å². The molecule has 0 bridgehead atoms. The van der Waals surface area contributed by atoms with Crippen LogP contribution in [-0.2, 0) is 9.84 Å². The maximum atomic E-state index is 11.7. The van der Waals surface area contributed by atoms with Crippen molar-refractivity contribution in [2.45, 2.75) is 37.8 Å². The first-order chi connectivity index (χ1) is 9.93. The fourth-order valence-electron chi connectivity index (χ4n) is 3.29. The first-order valence-corrected chi connectivity index (χ1v) is 9.55. The highest BCUT2D eigenvalue weighted by molar-refractivity contribution is 7.91. The Morgan fingerprint density at radius 2 is 2.10 bits per heavy atom. The molecule has 116 valence electrons. The molecule has 2 heterocycles. The SMILES string of the molecule is CCNC1CC2(CCS(=O)(=O)CC2)Oc2ccc(Cl)cc21. The minimum absolute atomic E-state index is 0.165. The average molecular weight is 330 g/mol. The molecule has 3 rings (SSSR count). The topological polar surface area (TPSA) is 55.4 Å². The quantitative estimate of drug-likeness (QED) is 0.906. The number of rotatable bonds is 2. The Balaban J connectivity index is 1.92. The largest absolute Gasteiger partial charge is 0.487 e. The van der Waals surface area contributed by atoms with Crippen molar-refractivity contribution < 1.29 is 13.2 Å². The summed E-state index contributed by atoms with van der Waals surface area (Å²) in [6, 6.07) is 5.82. The normalized spacial score (nSPS) is 26.1. The van der Waals surface area contributed by atoms with Crippen LogP contribution in [0.1, 0.15) is 37.8 Å². The van der Waals surface area contributed by atoms with Gasteiger partial charge in [0.1, 0.15) is 11.4 Å². The lowest BCUT2D eigenvalue weighted by Gasteiger charge is -2.44. The van der Waals surface area contributed by atoms with Crippen LogP contribution in [0.15, 0.2) is 18.2 Å². The summed E-state index contributed by atoms with van der Waals surface area (Å²) in [5, 5.41) is 4.17. The van der Waals surface area contributed by atoms with Gasteiger partial charge in [0, 0.05) is 35.9 Å². The number of hydrogen-bond donors (Lipinski definition) is 1. The summed E-state index contributed by atoms with van der Waals surface area (Å²) in [6.07, 6.45) is 1.93. The molecule has 0 radical (unpaired) electrons. The van der Waals surface area contributed by atoms with Gasteiger partial charge in [-0.3, -0.25) is 0 Å². The summed E-state index contributed by atoms with van der Waals surface area (Å²) in [5.41, 5.74) is 0.710. The van der Waals surface area contributed by atoms with Gasteiger partial charge in [0.05, 0.1) is 11.5 Å². The molecule has 1 fully saturated rings. The van der Waals surface area contributed by atoms with Crippen molar-refractivity contribution >= 4 is 21.4 Å². The highest BCUT2D eigenvalue weighted by atomic mass is 35.5. The van der Waals surface area contributed by atoms with E-state index in [1.807, 2.05) is 18.2 Å². The van der Waals surface area contributed by atoms with Gasteiger partial charge in [0.2, 0.25) is 0 Å². The molecule has 1 unspecified atom stereocenters. The van der Waals surface area contributed by atoms with Crippen LogP contribution in [0.5, 0.6) is 5.75 Å². The minimum atomic E-state index is -2.89. The van der Waals surface area contributed by atoms with Gasteiger partial charge in [-0.2, -0.15) is 0 Å². The number of benzene rings is 1. The van der Waals surface area contributed by atoms with Crippen LogP contribution < -0.4 is 10.1 Å². The number of halogens is 1. The van der Waals surface area contributed by atoms with E-state index in [2.05, 4.69) is 12.2 Å². The molecule has 2 aliphatic heterocycles. The van der Waals surface area contributed by atoms with Crippen molar-refractivity contribution in [3.63, 3.8) is 0 Å². The summed E-state index contributed by atoms with van der Waals surface area (Å²) < 4.78 is 29.6. The van der Waals surface area contributed by atoms with Crippen molar-refractivity contribution in [3.05, 3.63) is 28.8 Å². The maximum Gasteiger partial charge on any atom is 0.150 e. The third kappa shape index (κ3) is 3.05. The van der Waals surface area contributed by atoms with Crippen LogP contribution >= 0.6 is 11.6 Å². The zero-order chi connectivity index (χ0) is 15.1. The first kappa shape index (κ1) is 15.1. The predicted molar refractivity (Wildman–Crippen MR) is 83.7 cm³/mol. The van der Waals surface area contributed by atoms with E-state index in [4.69, 9.17) is 16.3 Å². The van der Waals surface area contributed by atoms with Gasteiger partial charge in [-0.05, 0) is 24.7 Å². The predicted octanol–water partition coefficient (Wildman–Crippen LogP) is 2.72. The van der Waals surface area contributed by atoms with Crippen molar-refractivity contribution in [2.75, 3.05) is 18.1 Å². The van der Waals surface area contributed by atoms with E-state index in [0.29, 0.717) is 17.9 Å². The molecule has 1 aromatic carbocycles. The Labute approximate surface area is 130 Å². The molecule has 21 heavy (non-hydrogen) atoms.